The van der Waals surface area contributed by atoms with Gasteiger partial charge in [0.2, 0.25) is 0 Å². The molecule has 1 saturated carbocycles. The third-order valence-corrected chi connectivity index (χ3v) is 2.09. The Bertz CT molecular complexity index is 151. The first-order chi connectivity index (χ1) is 5.25. The Labute approximate surface area is 64.6 Å². The average Bonchev–Trinajstić information content (AvgIpc) is 1.84. The summed E-state index contributed by atoms with van der Waals surface area (Å²) >= 11 is 0. The Hall–Kier alpha value is -0.640. The molecule has 1 aliphatic rings. The highest BCUT2D eigenvalue weighted by molar-refractivity contribution is 5.72. The molecule has 0 aromatic heterocycles. The number of halogens is 1. The average molecular weight is 161 g/mol. The van der Waals surface area contributed by atoms with Gasteiger partial charge in [-0.25, -0.2) is 4.39 Å². The molecular formula is C7H12FNO2. The van der Waals surface area contributed by atoms with Gasteiger partial charge >= 0.3 is 5.97 Å². The van der Waals surface area contributed by atoms with Crippen LogP contribution in [0, 0.1) is 5.92 Å². The number of carboxylic acids is 1. The Kier molecular flexibility index (Phi) is 2.82. The molecule has 2 N–H and O–H groups in total. The molecule has 0 saturated heterocycles. The third kappa shape index (κ3) is 1.89. The summed E-state index contributed by atoms with van der Waals surface area (Å²) in [4.78, 5) is 10.4. The molecule has 0 amide bonds. The number of carboxylic acid groups (broad SMARTS) is 1. The molecule has 3 nitrogen and oxygen atoms in total. The molecule has 0 bridgehead atoms. The van der Waals surface area contributed by atoms with Crippen molar-refractivity contribution in [1.82, 2.24) is 5.32 Å². The van der Waals surface area contributed by atoms with Crippen LogP contribution >= 0.6 is 0 Å². The standard InChI is InChI=1S/C7H12FNO2/c8-3-4-9-6-2-1-5(6)7(10)11/h5-6,9H,1-4H2,(H,10,11). The minimum atomic E-state index is -0.771. The van der Waals surface area contributed by atoms with Crippen molar-refractivity contribution < 1.29 is 14.3 Å². The highest BCUT2D eigenvalue weighted by Crippen LogP contribution is 2.27. The molecule has 2 unspecified atom stereocenters. The van der Waals surface area contributed by atoms with Crippen LogP contribution < -0.4 is 5.32 Å². The highest BCUT2D eigenvalue weighted by Gasteiger charge is 2.35. The lowest BCUT2D eigenvalue weighted by atomic mass is 9.79. The van der Waals surface area contributed by atoms with Gasteiger partial charge in [-0.2, -0.15) is 0 Å². The summed E-state index contributed by atoms with van der Waals surface area (Å²) in [6.45, 7) is -0.155. The summed E-state index contributed by atoms with van der Waals surface area (Å²) in [7, 11) is 0. The van der Waals surface area contributed by atoms with Crippen molar-refractivity contribution in [2.45, 2.75) is 18.9 Å². The van der Waals surface area contributed by atoms with E-state index in [0.717, 1.165) is 12.8 Å². The van der Waals surface area contributed by atoms with Crippen LogP contribution in [0.2, 0.25) is 0 Å². The molecule has 4 heteroatoms. The summed E-state index contributed by atoms with van der Waals surface area (Å²) in [5.74, 6) is -1.06. The quantitative estimate of drug-likeness (QED) is 0.627. The predicted molar refractivity (Wildman–Crippen MR) is 38.1 cm³/mol. The van der Waals surface area contributed by atoms with Crippen LogP contribution in [-0.2, 0) is 4.79 Å². The van der Waals surface area contributed by atoms with Crippen molar-refractivity contribution >= 4 is 5.97 Å². The first kappa shape index (κ1) is 8.46. The molecule has 0 aliphatic heterocycles. The van der Waals surface area contributed by atoms with E-state index in [0.29, 0.717) is 0 Å². The maximum atomic E-state index is 11.6. The minimum absolute atomic E-state index is 0.00301. The zero-order valence-corrected chi connectivity index (χ0v) is 6.22. The van der Waals surface area contributed by atoms with E-state index in [9.17, 15) is 9.18 Å². The maximum Gasteiger partial charge on any atom is 0.308 e. The Morgan fingerprint density at radius 3 is 2.73 bits per heavy atom. The van der Waals surface area contributed by atoms with Crippen molar-refractivity contribution in [3.63, 3.8) is 0 Å². The summed E-state index contributed by atoms with van der Waals surface area (Å²) < 4.78 is 11.6. The number of nitrogens with one attached hydrogen (secondary N) is 1. The summed E-state index contributed by atoms with van der Waals surface area (Å²) in [5, 5.41) is 11.4. The lowest BCUT2D eigenvalue weighted by Crippen LogP contribution is -2.48. The molecule has 0 aromatic rings. The van der Waals surface area contributed by atoms with Crippen molar-refractivity contribution in [3.05, 3.63) is 0 Å². The van der Waals surface area contributed by atoms with E-state index >= 15 is 0 Å². The van der Waals surface area contributed by atoms with E-state index in [1.54, 1.807) is 0 Å². The zero-order valence-electron chi connectivity index (χ0n) is 6.22. The normalized spacial score (nSPS) is 29.5. The number of hydrogen-bond acceptors (Lipinski definition) is 2. The summed E-state index contributed by atoms with van der Waals surface area (Å²) in [5.41, 5.74) is 0. The highest BCUT2D eigenvalue weighted by atomic mass is 19.1. The largest absolute Gasteiger partial charge is 0.481 e. The third-order valence-electron chi connectivity index (χ3n) is 2.09. The first-order valence-electron chi connectivity index (χ1n) is 3.78. The van der Waals surface area contributed by atoms with Crippen molar-refractivity contribution in [3.8, 4) is 0 Å². The van der Waals surface area contributed by atoms with E-state index in [1.165, 1.54) is 0 Å². The molecule has 0 aromatic carbocycles. The lowest BCUT2D eigenvalue weighted by molar-refractivity contribution is -0.146. The van der Waals surface area contributed by atoms with Crippen molar-refractivity contribution in [2.24, 2.45) is 5.92 Å². The van der Waals surface area contributed by atoms with Gasteiger partial charge in [0.1, 0.15) is 6.67 Å². The fraction of sp³-hybridized carbons (Fsp3) is 0.857. The Morgan fingerprint density at radius 1 is 1.64 bits per heavy atom. The van der Waals surface area contributed by atoms with Gasteiger partial charge in [-0.3, -0.25) is 4.79 Å². The molecule has 2 atom stereocenters. The van der Waals surface area contributed by atoms with Crippen molar-refractivity contribution in [1.29, 1.82) is 0 Å². The fourth-order valence-corrected chi connectivity index (χ4v) is 1.28. The summed E-state index contributed by atoms with van der Waals surface area (Å²) in [6.07, 6.45) is 1.58. The van der Waals surface area contributed by atoms with Gasteiger partial charge in [-0.1, -0.05) is 0 Å². The Morgan fingerprint density at radius 2 is 2.36 bits per heavy atom. The second-order valence-electron chi connectivity index (χ2n) is 2.77. The second-order valence-corrected chi connectivity index (χ2v) is 2.77. The van der Waals surface area contributed by atoms with E-state index in [2.05, 4.69) is 5.32 Å². The Balaban J connectivity index is 2.20. The topological polar surface area (TPSA) is 49.3 Å². The molecule has 0 heterocycles. The fourth-order valence-electron chi connectivity index (χ4n) is 1.28. The maximum absolute atomic E-state index is 11.6. The van der Waals surface area contributed by atoms with Gasteiger partial charge in [0.05, 0.1) is 5.92 Å². The van der Waals surface area contributed by atoms with Crippen LogP contribution in [0.25, 0.3) is 0 Å². The molecule has 64 valence electrons. The van der Waals surface area contributed by atoms with E-state index in [1.807, 2.05) is 0 Å². The van der Waals surface area contributed by atoms with Crippen LogP contribution in [0.4, 0.5) is 4.39 Å². The van der Waals surface area contributed by atoms with E-state index in [4.69, 9.17) is 5.11 Å². The van der Waals surface area contributed by atoms with Crippen LogP contribution in [0.5, 0.6) is 0 Å². The van der Waals surface area contributed by atoms with Gasteiger partial charge in [0.25, 0.3) is 0 Å². The molecule has 1 rings (SSSR count). The van der Waals surface area contributed by atoms with Gasteiger partial charge in [0, 0.05) is 12.6 Å². The smallest absolute Gasteiger partial charge is 0.308 e. The molecule has 1 aliphatic carbocycles. The van der Waals surface area contributed by atoms with Gasteiger partial charge in [-0.05, 0) is 12.8 Å². The summed E-state index contributed by atoms with van der Waals surface area (Å²) in [6, 6.07) is 0.00301. The number of carbonyl (C=O) groups is 1. The zero-order chi connectivity index (χ0) is 8.27. The van der Waals surface area contributed by atoms with E-state index < -0.39 is 12.6 Å². The van der Waals surface area contributed by atoms with Gasteiger partial charge < -0.3 is 10.4 Å². The predicted octanol–water partition coefficient (Wildman–Crippen LogP) is 0.409. The number of rotatable bonds is 4. The molecule has 1 fully saturated rings. The van der Waals surface area contributed by atoms with Crippen LogP contribution in [-0.4, -0.2) is 30.3 Å². The lowest BCUT2D eigenvalue weighted by Gasteiger charge is -2.33. The molecule has 11 heavy (non-hydrogen) atoms. The van der Waals surface area contributed by atoms with E-state index in [-0.39, 0.29) is 18.5 Å². The first-order valence-corrected chi connectivity index (χ1v) is 3.78. The van der Waals surface area contributed by atoms with Gasteiger partial charge in [0.15, 0.2) is 0 Å². The minimum Gasteiger partial charge on any atom is -0.481 e. The molecule has 0 spiro atoms. The number of alkyl halides is 1. The van der Waals surface area contributed by atoms with Crippen LogP contribution in [0.1, 0.15) is 12.8 Å². The number of aliphatic carboxylic acids is 1. The molecular weight excluding hydrogens is 149 g/mol. The van der Waals surface area contributed by atoms with Gasteiger partial charge in [-0.15, -0.1) is 0 Å². The van der Waals surface area contributed by atoms with Crippen LogP contribution in [0.3, 0.4) is 0 Å². The van der Waals surface area contributed by atoms with Crippen molar-refractivity contribution in [2.75, 3.05) is 13.2 Å². The molecule has 0 radical (unpaired) electrons. The monoisotopic (exact) mass is 161 g/mol. The SMILES string of the molecule is O=C(O)C1CCC1NCCF. The number of hydrogen-bond donors (Lipinski definition) is 2. The van der Waals surface area contributed by atoms with Crippen LogP contribution in [0.15, 0.2) is 0 Å². The second kappa shape index (κ2) is 3.67.